The van der Waals surface area contributed by atoms with Crippen molar-refractivity contribution in [3.63, 3.8) is 0 Å². The molecule has 30 heavy (non-hydrogen) atoms. The molecular weight excluding hydrogens is 380 g/mol. The van der Waals surface area contributed by atoms with Gasteiger partial charge in [0.15, 0.2) is 5.43 Å². The number of carbonyl (C=O) groups excluding carboxylic acids is 1. The van der Waals surface area contributed by atoms with E-state index in [2.05, 4.69) is 4.98 Å². The van der Waals surface area contributed by atoms with Crippen LogP contribution in [0.4, 0.5) is 0 Å². The number of ether oxygens (including phenoxy) is 1. The van der Waals surface area contributed by atoms with E-state index in [1.807, 2.05) is 36.4 Å². The Labute approximate surface area is 172 Å². The minimum atomic E-state index is -0.621. The number of amides is 1. The summed E-state index contributed by atoms with van der Waals surface area (Å²) in [6.45, 7) is 0.287. The molecule has 0 bridgehead atoms. The van der Waals surface area contributed by atoms with Gasteiger partial charge in [-0.05, 0) is 29.8 Å². The van der Waals surface area contributed by atoms with Crippen LogP contribution >= 0.6 is 0 Å². The zero-order valence-electron chi connectivity index (χ0n) is 16.2. The molecule has 1 aliphatic heterocycles. The predicted octanol–water partition coefficient (Wildman–Crippen LogP) is 3.94. The van der Waals surface area contributed by atoms with Crippen LogP contribution in [-0.4, -0.2) is 22.9 Å². The van der Waals surface area contributed by atoms with Crippen LogP contribution in [0.1, 0.15) is 33.3 Å². The fourth-order valence-corrected chi connectivity index (χ4v) is 4.03. The van der Waals surface area contributed by atoms with E-state index in [1.54, 1.807) is 48.7 Å². The zero-order chi connectivity index (χ0) is 20.7. The number of hydrogen-bond donors (Lipinski definition) is 0. The lowest BCUT2D eigenvalue weighted by atomic mass is 9.97. The van der Waals surface area contributed by atoms with Crippen molar-refractivity contribution in [2.24, 2.45) is 0 Å². The summed E-state index contributed by atoms with van der Waals surface area (Å²) in [6, 6.07) is 17.5. The summed E-state index contributed by atoms with van der Waals surface area (Å²) in [7, 11) is 1.57. The van der Waals surface area contributed by atoms with Gasteiger partial charge in [-0.1, -0.05) is 36.4 Å². The van der Waals surface area contributed by atoms with Crippen molar-refractivity contribution in [1.29, 1.82) is 0 Å². The second-order valence-electron chi connectivity index (χ2n) is 7.11. The Hall–Kier alpha value is -3.93. The van der Waals surface area contributed by atoms with Gasteiger partial charge in [0.1, 0.15) is 11.3 Å². The first-order chi connectivity index (χ1) is 14.7. The molecule has 6 nitrogen and oxygen atoms in total. The van der Waals surface area contributed by atoms with Crippen LogP contribution in [0, 0.1) is 0 Å². The fraction of sp³-hybridized carbons (Fsp3) is 0.125. The predicted molar refractivity (Wildman–Crippen MR) is 111 cm³/mol. The molecule has 0 saturated carbocycles. The summed E-state index contributed by atoms with van der Waals surface area (Å²) >= 11 is 0. The molecule has 1 aliphatic rings. The maximum Gasteiger partial charge on any atom is 0.291 e. The molecule has 1 unspecified atom stereocenters. The second kappa shape index (κ2) is 7.15. The molecule has 2 aromatic heterocycles. The van der Waals surface area contributed by atoms with E-state index in [9.17, 15) is 9.59 Å². The summed E-state index contributed by atoms with van der Waals surface area (Å²) in [5.74, 6) is 0.359. The Morgan fingerprint density at radius 3 is 2.63 bits per heavy atom. The molecule has 2 aromatic carbocycles. The molecule has 0 N–H and O–H groups in total. The highest BCUT2D eigenvalue weighted by atomic mass is 16.5. The molecule has 1 amide bonds. The second-order valence-corrected chi connectivity index (χ2v) is 7.11. The number of pyridine rings is 1. The van der Waals surface area contributed by atoms with Crippen LogP contribution in [0.2, 0.25) is 0 Å². The first-order valence-electron chi connectivity index (χ1n) is 9.57. The highest BCUT2D eigenvalue weighted by molar-refractivity contribution is 5.99. The molecule has 148 valence electrons. The van der Waals surface area contributed by atoms with Gasteiger partial charge in [-0.3, -0.25) is 14.6 Å². The number of fused-ring (bicyclic) bond motifs is 2. The van der Waals surface area contributed by atoms with Crippen molar-refractivity contribution in [2.45, 2.75) is 12.6 Å². The van der Waals surface area contributed by atoms with Gasteiger partial charge >= 0.3 is 0 Å². The first kappa shape index (κ1) is 18.1. The van der Waals surface area contributed by atoms with E-state index in [0.717, 1.165) is 11.1 Å². The highest BCUT2D eigenvalue weighted by Crippen LogP contribution is 2.42. The van der Waals surface area contributed by atoms with Gasteiger partial charge in [-0.15, -0.1) is 0 Å². The number of aromatic nitrogens is 1. The molecule has 6 heteroatoms. The molecule has 0 fully saturated rings. The number of nitrogens with zero attached hydrogens (tertiary/aromatic N) is 2. The van der Waals surface area contributed by atoms with E-state index < -0.39 is 6.04 Å². The van der Waals surface area contributed by atoms with Crippen LogP contribution < -0.4 is 10.2 Å². The van der Waals surface area contributed by atoms with Crippen molar-refractivity contribution in [2.75, 3.05) is 7.11 Å². The third-order valence-corrected chi connectivity index (χ3v) is 5.38. The van der Waals surface area contributed by atoms with Gasteiger partial charge < -0.3 is 14.1 Å². The molecule has 1 atom stereocenters. The average molecular weight is 398 g/mol. The third-order valence-electron chi connectivity index (χ3n) is 5.38. The molecule has 3 heterocycles. The van der Waals surface area contributed by atoms with Gasteiger partial charge in [-0.25, -0.2) is 0 Å². The number of rotatable bonds is 4. The molecular formula is C24H18N2O4. The number of benzene rings is 2. The third kappa shape index (κ3) is 2.76. The molecule has 5 rings (SSSR count). The van der Waals surface area contributed by atoms with Crippen molar-refractivity contribution in [3.8, 4) is 5.75 Å². The lowest BCUT2D eigenvalue weighted by molar-refractivity contribution is 0.0713. The number of methoxy groups -OCH3 is 1. The Kier molecular flexibility index (Phi) is 4.32. The van der Waals surface area contributed by atoms with Crippen LogP contribution in [0.25, 0.3) is 11.0 Å². The van der Waals surface area contributed by atoms with E-state index >= 15 is 0 Å². The van der Waals surface area contributed by atoms with E-state index in [1.165, 1.54) is 0 Å². The van der Waals surface area contributed by atoms with Crippen molar-refractivity contribution >= 4 is 16.9 Å². The van der Waals surface area contributed by atoms with Crippen LogP contribution in [0.5, 0.6) is 5.75 Å². The Balaban J connectivity index is 1.76. The molecule has 0 aliphatic carbocycles. The number of hydrogen-bond acceptors (Lipinski definition) is 5. The summed E-state index contributed by atoms with van der Waals surface area (Å²) in [6.07, 6.45) is 3.39. The monoisotopic (exact) mass is 398 g/mol. The fourth-order valence-electron chi connectivity index (χ4n) is 4.03. The zero-order valence-corrected chi connectivity index (χ0v) is 16.2. The standard InChI is InChI=1S/C24H18N2O4/c1-29-18-10-4-2-8-16(18)21-20-22(27)17-9-3-5-11-19(17)30-23(20)24(28)26(21)14-15-7-6-12-25-13-15/h2-13,21H,14H2,1H3. The molecule has 0 radical (unpaired) electrons. The van der Waals surface area contributed by atoms with Gasteiger partial charge in [0, 0.05) is 24.5 Å². The maximum atomic E-state index is 13.5. The lowest BCUT2D eigenvalue weighted by Gasteiger charge is -2.26. The Bertz CT molecular complexity index is 1310. The minimum absolute atomic E-state index is 0.0819. The van der Waals surface area contributed by atoms with Crippen LogP contribution in [0.3, 0.4) is 0 Å². The highest BCUT2D eigenvalue weighted by Gasteiger charge is 2.43. The summed E-state index contributed by atoms with van der Waals surface area (Å²) in [4.78, 5) is 32.7. The minimum Gasteiger partial charge on any atom is -0.496 e. The Morgan fingerprint density at radius 2 is 1.83 bits per heavy atom. The summed E-state index contributed by atoms with van der Waals surface area (Å²) in [5.41, 5.74) is 2.13. The Morgan fingerprint density at radius 1 is 1.03 bits per heavy atom. The van der Waals surface area contributed by atoms with E-state index in [0.29, 0.717) is 22.3 Å². The SMILES string of the molecule is COc1ccccc1C1c2c(oc3ccccc3c2=O)C(=O)N1Cc1cccnc1. The lowest BCUT2D eigenvalue weighted by Crippen LogP contribution is -2.29. The number of para-hydroxylation sites is 2. The van der Waals surface area contributed by atoms with Crippen molar-refractivity contribution in [1.82, 2.24) is 9.88 Å². The van der Waals surface area contributed by atoms with Gasteiger partial charge in [-0.2, -0.15) is 0 Å². The molecule has 4 aromatic rings. The van der Waals surface area contributed by atoms with Gasteiger partial charge in [0.25, 0.3) is 5.91 Å². The van der Waals surface area contributed by atoms with Crippen molar-refractivity contribution < 1.29 is 13.9 Å². The first-order valence-corrected chi connectivity index (χ1v) is 9.57. The average Bonchev–Trinajstić information content (AvgIpc) is 3.06. The normalized spacial score (nSPS) is 15.4. The van der Waals surface area contributed by atoms with Crippen LogP contribution in [-0.2, 0) is 6.54 Å². The van der Waals surface area contributed by atoms with Crippen LogP contribution in [0.15, 0.2) is 82.3 Å². The summed E-state index contributed by atoms with van der Waals surface area (Å²) in [5, 5.41) is 0.451. The molecule has 0 saturated heterocycles. The quantitative estimate of drug-likeness (QED) is 0.521. The number of carbonyl (C=O) groups is 1. The van der Waals surface area contributed by atoms with E-state index in [-0.39, 0.29) is 23.6 Å². The largest absolute Gasteiger partial charge is 0.496 e. The maximum absolute atomic E-state index is 13.5. The van der Waals surface area contributed by atoms with Gasteiger partial charge in [0.2, 0.25) is 5.76 Å². The van der Waals surface area contributed by atoms with E-state index in [4.69, 9.17) is 9.15 Å². The molecule has 0 spiro atoms. The van der Waals surface area contributed by atoms with Gasteiger partial charge in [0.05, 0.1) is 24.1 Å². The van der Waals surface area contributed by atoms with Crippen molar-refractivity contribution in [3.05, 3.63) is 106 Å². The smallest absolute Gasteiger partial charge is 0.291 e. The topological polar surface area (TPSA) is 72.6 Å². The summed E-state index contributed by atoms with van der Waals surface area (Å²) < 4.78 is 11.5.